The van der Waals surface area contributed by atoms with E-state index >= 15 is 0 Å². The monoisotopic (exact) mass is 448 g/mol. The van der Waals surface area contributed by atoms with Crippen LogP contribution in [-0.2, 0) is 21.2 Å². The SMILES string of the molecule is O=C(CCc1ccccc1)Nc1ccc(S(=O)(=O)Nc2ccc(Cl)cc2Cl)cc1. The molecule has 1 amide bonds. The first-order valence-electron chi connectivity index (χ1n) is 8.75. The lowest BCUT2D eigenvalue weighted by Crippen LogP contribution is -2.14. The molecule has 0 heterocycles. The number of sulfonamides is 1. The highest BCUT2D eigenvalue weighted by Gasteiger charge is 2.16. The fourth-order valence-electron chi connectivity index (χ4n) is 2.62. The molecule has 8 heteroatoms. The van der Waals surface area contributed by atoms with Gasteiger partial charge in [-0.2, -0.15) is 0 Å². The maximum Gasteiger partial charge on any atom is 0.261 e. The molecule has 0 fully saturated rings. The molecule has 5 nitrogen and oxygen atoms in total. The first-order valence-corrected chi connectivity index (χ1v) is 11.0. The zero-order valence-corrected chi connectivity index (χ0v) is 17.6. The largest absolute Gasteiger partial charge is 0.326 e. The average Bonchev–Trinajstić information content (AvgIpc) is 2.70. The van der Waals surface area contributed by atoms with Crippen molar-refractivity contribution in [1.82, 2.24) is 0 Å². The normalized spacial score (nSPS) is 11.1. The number of aryl methyl sites for hydroxylation is 1. The van der Waals surface area contributed by atoms with Crippen molar-refractivity contribution in [2.45, 2.75) is 17.7 Å². The van der Waals surface area contributed by atoms with Crippen LogP contribution in [0.3, 0.4) is 0 Å². The lowest BCUT2D eigenvalue weighted by molar-refractivity contribution is -0.116. The molecule has 3 aromatic rings. The summed E-state index contributed by atoms with van der Waals surface area (Å²) in [7, 11) is -3.83. The van der Waals surface area contributed by atoms with Crippen LogP contribution in [0.25, 0.3) is 0 Å². The Morgan fingerprint density at radius 3 is 2.24 bits per heavy atom. The van der Waals surface area contributed by atoms with Crippen LogP contribution in [0.4, 0.5) is 11.4 Å². The van der Waals surface area contributed by atoms with E-state index in [0.717, 1.165) is 5.56 Å². The van der Waals surface area contributed by atoms with Gasteiger partial charge in [-0.3, -0.25) is 9.52 Å². The number of benzene rings is 3. The van der Waals surface area contributed by atoms with E-state index in [0.29, 0.717) is 23.6 Å². The van der Waals surface area contributed by atoms with E-state index in [4.69, 9.17) is 23.2 Å². The minimum absolute atomic E-state index is 0.0470. The molecule has 0 saturated heterocycles. The number of carbonyl (C=O) groups excluding carboxylic acids is 1. The summed E-state index contributed by atoms with van der Waals surface area (Å²) >= 11 is 11.8. The second kappa shape index (κ2) is 9.31. The van der Waals surface area contributed by atoms with Gasteiger partial charge in [0.1, 0.15) is 0 Å². The van der Waals surface area contributed by atoms with E-state index in [1.807, 2.05) is 30.3 Å². The Morgan fingerprint density at radius 2 is 1.59 bits per heavy atom. The van der Waals surface area contributed by atoms with Crippen LogP contribution in [0.1, 0.15) is 12.0 Å². The van der Waals surface area contributed by atoms with Crippen LogP contribution in [0, 0.1) is 0 Å². The summed E-state index contributed by atoms with van der Waals surface area (Å²) in [6.07, 6.45) is 0.964. The molecule has 0 saturated carbocycles. The fourth-order valence-corrected chi connectivity index (χ4v) is 4.21. The number of hydrogen-bond donors (Lipinski definition) is 2. The molecule has 0 unspecified atom stereocenters. The Kier molecular flexibility index (Phi) is 6.79. The smallest absolute Gasteiger partial charge is 0.261 e. The Bertz CT molecular complexity index is 1100. The molecule has 0 bridgehead atoms. The van der Waals surface area contributed by atoms with Gasteiger partial charge in [0.2, 0.25) is 5.91 Å². The van der Waals surface area contributed by atoms with Crippen LogP contribution in [0.2, 0.25) is 10.0 Å². The predicted molar refractivity (Wildman–Crippen MR) is 117 cm³/mol. The van der Waals surface area contributed by atoms with Gasteiger partial charge in [-0.05, 0) is 54.4 Å². The first-order chi connectivity index (χ1) is 13.8. The Labute approximate surface area is 179 Å². The van der Waals surface area contributed by atoms with Crippen LogP contribution in [0.15, 0.2) is 77.7 Å². The molecular formula is C21H18Cl2N2O3S. The van der Waals surface area contributed by atoms with Gasteiger partial charge in [-0.1, -0.05) is 53.5 Å². The standard InChI is InChI=1S/C21H18Cl2N2O3S/c22-16-7-12-20(19(23)14-16)25-29(27,28)18-10-8-17(9-11-18)24-21(26)13-6-15-4-2-1-3-5-15/h1-5,7-12,14,25H,6,13H2,(H,24,26). The number of rotatable bonds is 7. The van der Waals surface area contributed by atoms with Crippen molar-refractivity contribution in [3.05, 3.63) is 88.4 Å². The Hall–Kier alpha value is -2.54. The van der Waals surface area contributed by atoms with E-state index < -0.39 is 10.0 Å². The van der Waals surface area contributed by atoms with Crippen molar-refractivity contribution in [2.24, 2.45) is 0 Å². The molecule has 150 valence electrons. The summed E-state index contributed by atoms with van der Waals surface area (Å²) in [4.78, 5) is 12.2. The van der Waals surface area contributed by atoms with Gasteiger partial charge >= 0.3 is 0 Å². The summed E-state index contributed by atoms with van der Waals surface area (Å²) in [5.41, 5.74) is 1.83. The minimum Gasteiger partial charge on any atom is -0.326 e. The molecule has 0 aromatic heterocycles. The van der Waals surface area contributed by atoms with E-state index in [9.17, 15) is 13.2 Å². The first kappa shape index (κ1) is 21.2. The van der Waals surface area contributed by atoms with Crippen molar-refractivity contribution in [3.63, 3.8) is 0 Å². The van der Waals surface area contributed by atoms with Crippen LogP contribution in [-0.4, -0.2) is 14.3 Å². The zero-order chi connectivity index (χ0) is 20.9. The second-order valence-electron chi connectivity index (χ2n) is 6.29. The van der Waals surface area contributed by atoms with Gasteiger partial charge in [-0.15, -0.1) is 0 Å². The highest BCUT2D eigenvalue weighted by atomic mass is 35.5. The highest BCUT2D eigenvalue weighted by molar-refractivity contribution is 7.92. The summed E-state index contributed by atoms with van der Waals surface area (Å²) < 4.78 is 27.5. The topological polar surface area (TPSA) is 75.3 Å². The molecule has 0 aliphatic carbocycles. The Balaban J connectivity index is 1.62. The number of nitrogens with one attached hydrogen (secondary N) is 2. The third-order valence-electron chi connectivity index (χ3n) is 4.11. The number of anilines is 2. The molecule has 0 atom stereocenters. The quantitative estimate of drug-likeness (QED) is 0.510. The van der Waals surface area contributed by atoms with Crippen LogP contribution < -0.4 is 10.0 Å². The molecule has 29 heavy (non-hydrogen) atoms. The number of carbonyl (C=O) groups is 1. The Morgan fingerprint density at radius 1 is 0.897 bits per heavy atom. The van der Waals surface area contributed by atoms with Gasteiger partial charge in [0.15, 0.2) is 0 Å². The fraction of sp³-hybridized carbons (Fsp3) is 0.0952. The van der Waals surface area contributed by atoms with E-state index in [2.05, 4.69) is 10.0 Å². The molecule has 2 N–H and O–H groups in total. The van der Waals surface area contributed by atoms with Gasteiger partial charge < -0.3 is 5.32 Å². The maximum atomic E-state index is 12.5. The molecular weight excluding hydrogens is 431 g/mol. The van der Waals surface area contributed by atoms with Crippen molar-refractivity contribution >= 4 is 50.5 Å². The number of hydrogen-bond acceptors (Lipinski definition) is 3. The summed E-state index contributed by atoms with van der Waals surface area (Å²) in [6, 6.07) is 20.1. The zero-order valence-electron chi connectivity index (χ0n) is 15.2. The van der Waals surface area contributed by atoms with Crippen LogP contribution >= 0.6 is 23.2 Å². The van der Waals surface area contributed by atoms with Crippen molar-refractivity contribution in [1.29, 1.82) is 0 Å². The van der Waals surface area contributed by atoms with E-state index in [1.165, 1.54) is 24.3 Å². The predicted octanol–water partition coefficient (Wildman–Crippen LogP) is 5.37. The van der Waals surface area contributed by atoms with Gasteiger partial charge in [0.25, 0.3) is 10.0 Å². The minimum atomic E-state index is -3.83. The molecule has 0 spiro atoms. The average molecular weight is 449 g/mol. The van der Waals surface area contributed by atoms with Gasteiger partial charge in [0, 0.05) is 17.1 Å². The van der Waals surface area contributed by atoms with Gasteiger partial charge in [-0.25, -0.2) is 8.42 Å². The van der Waals surface area contributed by atoms with Crippen molar-refractivity contribution in [3.8, 4) is 0 Å². The summed E-state index contributed by atoms with van der Waals surface area (Å²) in [6.45, 7) is 0. The van der Waals surface area contributed by atoms with E-state index in [1.54, 1.807) is 18.2 Å². The van der Waals surface area contributed by atoms with Crippen molar-refractivity contribution in [2.75, 3.05) is 10.0 Å². The molecule has 0 radical (unpaired) electrons. The number of halogens is 2. The van der Waals surface area contributed by atoms with Gasteiger partial charge in [0.05, 0.1) is 15.6 Å². The van der Waals surface area contributed by atoms with E-state index in [-0.39, 0.29) is 21.5 Å². The molecule has 3 aromatic carbocycles. The lowest BCUT2D eigenvalue weighted by atomic mass is 10.1. The summed E-state index contributed by atoms with van der Waals surface area (Å²) in [5.74, 6) is -0.143. The molecule has 3 rings (SSSR count). The maximum absolute atomic E-state index is 12.5. The van der Waals surface area contributed by atoms with Crippen LogP contribution in [0.5, 0.6) is 0 Å². The summed E-state index contributed by atoms with van der Waals surface area (Å²) in [5, 5.41) is 3.37. The third-order valence-corrected chi connectivity index (χ3v) is 6.04. The highest BCUT2D eigenvalue weighted by Crippen LogP contribution is 2.27. The third kappa shape index (κ3) is 5.97. The molecule has 0 aliphatic rings. The second-order valence-corrected chi connectivity index (χ2v) is 8.81. The molecule has 0 aliphatic heterocycles. The lowest BCUT2D eigenvalue weighted by Gasteiger charge is -2.11. The van der Waals surface area contributed by atoms with Crippen molar-refractivity contribution < 1.29 is 13.2 Å². The number of amides is 1.